The molecule has 312 valence electrons. The molecule has 2 N–H and O–H groups in total. The van der Waals surface area contributed by atoms with E-state index in [0.29, 0.717) is 43.5 Å². The predicted octanol–water partition coefficient (Wildman–Crippen LogP) is 5.96. The fraction of sp³-hybridized carbons (Fsp3) is 0.619. The molecule has 14 heteroatoms. The molecule has 0 spiro atoms. The number of hydrogen-bond donors (Lipinski definition) is 2. The van der Waals surface area contributed by atoms with Crippen LogP contribution in [0.25, 0.3) is 0 Å². The highest BCUT2D eigenvalue weighted by atomic mass is 32.2. The average Bonchev–Trinajstić information content (AvgIpc) is 3.10. The molecule has 2 aromatic rings. The molecule has 11 nitrogen and oxygen atoms in total. The minimum Gasteiger partial charge on any atom is -0.467 e. The molecule has 0 aliphatic heterocycles. The van der Waals surface area contributed by atoms with Gasteiger partial charge in [-0.25, -0.2) is 26.4 Å². The molecule has 2 fully saturated rings. The number of benzene rings is 2. The second-order valence-electron chi connectivity index (χ2n) is 15.9. The van der Waals surface area contributed by atoms with Gasteiger partial charge in [-0.15, -0.1) is 0 Å². The van der Waals surface area contributed by atoms with Crippen LogP contribution in [-0.2, 0) is 56.4 Å². The second-order valence-corrected chi connectivity index (χ2v) is 20.8. The smallest absolute Gasteiger partial charge is 0.328 e. The van der Waals surface area contributed by atoms with Crippen molar-refractivity contribution >= 4 is 54.7 Å². The molecule has 2 aliphatic rings. The first-order chi connectivity index (χ1) is 26.3. The van der Waals surface area contributed by atoms with Gasteiger partial charge < -0.3 is 20.1 Å². The van der Waals surface area contributed by atoms with Crippen LogP contribution >= 0.6 is 12.2 Å². The minimum absolute atomic E-state index is 0.119. The van der Waals surface area contributed by atoms with Crippen LogP contribution in [0.4, 0.5) is 0 Å². The number of aryl methyl sites for hydroxylation is 2. The number of ether oxygens (including phenoxy) is 2. The van der Waals surface area contributed by atoms with E-state index in [1.54, 1.807) is 0 Å². The van der Waals surface area contributed by atoms with Gasteiger partial charge in [0.05, 0.1) is 19.2 Å². The summed E-state index contributed by atoms with van der Waals surface area (Å²) in [6, 6.07) is 14.7. The number of thiocarbonyl (C=S) groups is 1. The van der Waals surface area contributed by atoms with Crippen LogP contribution < -0.4 is 10.6 Å². The molecule has 2 aliphatic carbocycles. The number of carbonyl (C=O) groups is 3. The zero-order valence-corrected chi connectivity index (χ0v) is 36.4. The van der Waals surface area contributed by atoms with Crippen LogP contribution in [0.1, 0.15) is 99.3 Å². The Labute approximate surface area is 340 Å². The van der Waals surface area contributed by atoms with Gasteiger partial charge in [0.15, 0.2) is 0 Å². The van der Waals surface area contributed by atoms with Crippen molar-refractivity contribution in [2.24, 2.45) is 10.8 Å². The summed E-state index contributed by atoms with van der Waals surface area (Å²) in [6.07, 6.45) is 13.2. The number of methoxy groups -OCH3 is 2. The van der Waals surface area contributed by atoms with E-state index < -0.39 is 43.1 Å². The highest BCUT2D eigenvalue weighted by Gasteiger charge is 2.45. The summed E-state index contributed by atoms with van der Waals surface area (Å²) in [7, 11) is -3.21. The number of rotatable bonds is 20. The van der Waals surface area contributed by atoms with E-state index in [1.807, 2.05) is 62.4 Å². The molecule has 0 saturated heterocycles. The quantitative estimate of drug-likeness (QED) is 0.0920. The lowest BCUT2D eigenvalue weighted by Crippen LogP contribution is -2.52. The second kappa shape index (κ2) is 21.4. The van der Waals surface area contributed by atoms with Gasteiger partial charge in [-0.05, 0) is 76.3 Å². The highest BCUT2D eigenvalue weighted by molar-refractivity contribution is 7.90. The highest BCUT2D eigenvalue weighted by Crippen LogP contribution is 2.47. The Balaban J connectivity index is 0.000000300. The van der Waals surface area contributed by atoms with E-state index in [0.717, 1.165) is 68.1 Å². The normalized spacial score (nSPS) is 16.7. The average molecular weight is 835 g/mol. The van der Waals surface area contributed by atoms with Crippen molar-refractivity contribution in [3.05, 3.63) is 70.8 Å². The predicted molar refractivity (Wildman–Crippen MR) is 225 cm³/mol. The summed E-state index contributed by atoms with van der Waals surface area (Å²) in [4.78, 5) is 38.2. The summed E-state index contributed by atoms with van der Waals surface area (Å²) in [5.41, 5.74) is 3.70. The molecule has 0 bridgehead atoms. The molecule has 2 aromatic carbocycles. The topological polar surface area (TPSA) is 162 Å². The minimum atomic E-state index is -2.98. The van der Waals surface area contributed by atoms with Crippen molar-refractivity contribution in [1.29, 1.82) is 0 Å². The van der Waals surface area contributed by atoms with Gasteiger partial charge in [0.1, 0.15) is 31.8 Å². The van der Waals surface area contributed by atoms with E-state index >= 15 is 0 Å². The Kier molecular flexibility index (Phi) is 18.0. The first-order valence-corrected chi connectivity index (χ1v) is 24.1. The van der Waals surface area contributed by atoms with E-state index in [4.69, 9.17) is 21.7 Å². The maximum Gasteiger partial charge on any atom is 0.328 e. The fourth-order valence-corrected chi connectivity index (χ4v) is 9.16. The van der Waals surface area contributed by atoms with Gasteiger partial charge in [0, 0.05) is 47.7 Å². The number of unbranched alkanes of at least 4 members (excludes halogenated alkanes) is 2. The van der Waals surface area contributed by atoms with Crippen molar-refractivity contribution < 1.29 is 40.7 Å². The van der Waals surface area contributed by atoms with Gasteiger partial charge >= 0.3 is 11.9 Å². The van der Waals surface area contributed by atoms with Crippen LogP contribution in [0.3, 0.4) is 0 Å². The summed E-state index contributed by atoms with van der Waals surface area (Å²) >= 11 is 5.71. The Bertz CT molecular complexity index is 1700. The third-order valence-electron chi connectivity index (χ3n) is 11.1. The molecule has 2 atom stereocenters. The van der Waals surface area contributed by atoms with E-state index in [-0.39, 0.29) is 28.8 Å². The van der Waals surface area contributed by atoms with Crippen LogP contribution in [0.15, 0.2) is 48.5 Å². The van der Waals surface area contributed by atoms with Crippen molar-refractivity contribution in [3.8, 4) is 0 Å². The summed E-state index contributed by atoms with van der Waals surface area (Å²) < 4.78 is 55.1. The monoisotopic (exact) mass is 834 g/mol. The zero-order valence-electron chi connectivity index (χ0n) is 34.0. The summed E-state index contributed by atoms with van der Waals surface area (Å²) in [5, 5.41) is 6.17. The maximum absolute atomic E-state index is 13.0. The number of sulfone groups is 2. The lowest BCUT2D eigenvalue weighted by Gasteiger charge is -2.43. The number of hydrogen-bond acceptors (Lipinski definition) is 10. The van der Waals surface area contributed by atoms with Gasteiger partial charge in [-0.3, -0.25) is 4.79 Å². The SMILES string of the molecule is COC(=O)C(Cc1ccc(C)cc1)NC(=O)C1(CCCCS(C)(=O)=O)CCC1.COC(=O)C(Cc1ccc(C)cc1)NC(=S)C1(CCCCS(C)(=O)=O)CCC1. The molecule has 4 rings (SSSR count). The number of carbonyl (C=O) groups excluding carboxylic acids is 3. The first-order valence-electron chi connectivity index (χ1n) is 19.5. The summed E-state index contributed by atoms with van der Waals surface area (Å²) in [5.74, 6) is -0.555. The van der Waals surface area contributed by atoms with Crippen molar-refractivity contribution in [2.75, 3.05) is 38.2 Å². The molecule has 0 radical (unpaired) electrons. The van der Waals surface area contributed by atoms with Crippen molar-refractivity contribution in [3.63, 3.8) is 0 Å². The Morgan fingerprint density at radius 3 is 1.36 bits per heavy atom. The maximum atomic E-state index is 13.0. The Morgan fingerprint density at radius 2 is 1.02 bits per heavy atom. The van der Waals surface area contributed by atoms with Gasteiger partial charge in [-0.1, -0.05) is 97.6 Å². The van der Waals surface area contributed by atoms with Crippen LogP contribution in [0, 0.1) is 24.7 Å². The third-order valence-corrected chi connectivity index (χ3v) is 13.7. The van der Waals surface area contributed by atoms with Crippen LogP contribution in [0.5, 0.6) is 0 Å². The van der Waals surface area contributed by atoms with E-state index in [2.05, 4.69) is 10.6 Å². The standard InChI is InChI=1S/C21H31NO5S.C21H31NO4S2/c1-16-7-9-17(10-8-16)15-18(19(23)27-2)22-20(24)21(12-6-13-21)11-4-5-14-28(3,25)26;1-16-7-9-17(10-8-16)15-18(19(23)26-2)22-20(27)21(12-6-13-21)11-4-5-14-28(3,24)25/h7-10,18H,4-6,11-15H2,1-3H3,(H,22,24);7-10,18H,4-6,11-15H2,1-3H3,(H,22,27). The first kappa shape index (κ1) is 47.0. The Hall–Kier alpha value is -3.36. The third kappa shape index (κ3) is 15.2. The lowest BCUT2D eigenvalue weighted by molar-refractivity contribution is -0.148. The lowest BCUT2D eigenvalue weighted by atomic mass is 9.65. The molecule has 1 amide bonds. The van der Waals surface area contributed by atoms with Crippen molar-refractivity contribution in [2.45, 2.75) is 116 Å². The molecule has 0 heterocycles. The van der Waals surface area contributed by atoms with Crippen LogP contribution in [0.2, 0.25) is 0 Å². The largest absolute Gasteiger partial charge is 0.467 e. The van der Waals surface area contributed by atoms with Gasteiger partial charge in [-0.2, -0.15) is 0 Å². The molecule has 0 aromatic heterocycles. The number of esters is 2. The number of amides is 1. The molecular formula is C42H62N2O9S3. The molecule has 2 saturated carbocycles. The van der Waals surface area contributed by atoms with Gasteiger partial charge in [0.2, 0.25) is 5.91 Å². The van der Waals surface area contributed by atoms with Gasteiger partial charge in [0.25, 0.3) is 0 Å². The number of nitrogens with one attached hydrogen (secondary N) is 2. The Morgan fingerprint density at radius 1 is 0.643 bits per heavy atom. The fourth-order valence-electron chi connectivity index (χ4n) is 7.26. The van der Waals surface area contributed by atoms with Crippen LogP contribution in [-0.4, -0.2) is 90.0 Å². The molecular weight excluding hydrogens is 773 g/mol. The zero-order chi connectivity index (χ0) is 41.6. The van der Waals surface area contributed by atoms with Crippen molar-refractivity contribution in [1.82, 2.24) is 10.6 Å². The van der Waals surface area contributed by atoms with E-state index in [1.165, 1.54) is 32.3 Å². The van der Waals surface area contributed by atoms with E-state index in [9.17, 15) is 31.2 Å². The molecule has 2 unspecified atom stereocenters. The summed E-state index contributed by atoms with van der Waals surface area (Å²) in [6.45, 7) is 4.02. The molecule has 56 heavy (non-hydrogen) atoms.